The average Bonchev–Trinajstić information content (AvgIpc) is 2.86. The molecule has 7 nitrogen and oxygen atoms in total. The first kappa shape index (κ1) is 30.9. The summed E-state index contributed by atoms with van der Waals surface area (Å²) >= 11 is 16.2. The highest BCUT2D eigenvalue weighted by molar-refractivity contribution is 9.10. The molecule has 0 saturated heterocycles. The van der Waals surface area contributed by atoms with E-state index in [1.807, 2.05) is 20.8 Å². The predicted octanol–water partition coefficient (Wildman–Crippen LogP) is 6.20. The Balaban J connectivity index is 2.07. The maximum atomic E-state index is 13.9. The number of carbonyl (C=O) groups excluding carboxylic acids is 2. The summed E-state index contributed by atoms with van der Waals surface area (Å²) in [5.74, 6) is -0.995. The van der Waals surface area contributed by atoms with Crippen molar-refractivity contribution in [3.8, 4) is 0 Å². The van der Waals surface area contributed by atoms with Crippen molar-refractivity contribution in [2.45, 2.75) is 51.2 Å². The Morgan fingerprint density at radius 1 is 0.949 bits per heavy atom. The molecule has 0 radical (unpaired) electrons. The summed E-state index contributed by atoms with van der Waals surface area (Å²) in [5.41, 5.74) is 1.63. The third-order valence-corrected chi connectivity index (χ3v) is 8.96. The van der Waals surface area contributed by atoms with Gasteiger partial charge in [0.2, 0.25) is 11.8 Å². The van der Waals surface area contributed by atoms with Crippen molar-refractivity contribution in [3.05, 3.63) is 92.4 Å². The van der Waals surface area contributed by atoms with Gasteiger partial charge < -0.3 is 10.2 Å². The molecular weight excluding hydrogens is 625 g/mol. The van der Waals surface area contributed by atoms with Crippen LogP contribution in [0.5, 0.6) is 0 Å². The van der Waals surface area contributed by atoms with Crippen LogP contribution < -0.4 is 9.62 Å². The molecule has 11 heteroatoms. The summed E-state index contributed by atoms with van der Waals surface area (Å²) in [5, 5.41) is 3.46. The van der Waals surface area contributed by atoms with E-state index in [2.05, 4.69) is 21.2 Å². The Morgan fingerprint density at radius 2 is 1.54 bits per heavy atom. The van der Waals surface area contributed by atoms with Crippen molar-refractivity contribution in [3.63, 3.8) is 0 Å². The van der Waals surface area contributed by atoms with Crippen LogP contribution in [0.1, 0.15) is 31.9 Å². The van der Waals surface area contributed by atoms with Gasteiger partial charge in [0.25, 0.3) is 10.0 Å². The maximum Gasteiger partial charge on any atom is 0.264 e. The number of anilines is 1. The molecule has 2 amide bonds. The van der Waals surface area contributed by atoms with Crippen molar-refractivity contribution < 1.29 is 18.0 Å². The number of nitrogens with one attached hydrogen (secondary N) is 1. The van der Waals surface area contributed by atoms with Crippen molar-refractivity contribution in [2.24, 2.45) is 0 Å². The highest BCUT2D eigenvalue weighted by Gasteiger charge is 2.33. The minimum absolute atomic E-state index is 0.0344. The fraction of sp³-hybridized carbons (Fsp3) is 0.286. The summed E-state index contributed by atoms with van der Waals surface area (Å²) < 4.78 is 29.4. The van der Waals surface area contributed by atoms with Crippen molar-refractivity contribution in [1.29, 1.82) is 0 Å². The second-order valence-corrected chi connectivity index (χ2v) is 13.0. The molecule has 0 heterocycles. The van der Waals surface area contributed by atoms with E-state index in [1.54, 1.807) is 61.5 Å². The Kier molecular flexibility index (Phi) is 10.5. The first-order valence-electron chi connectivity index (χ1n) is 12.2. The minimum atomic E-state index is -4.16. The zero-order valence-electron chi connectivity index (χ0n) is 22.0. The van der Waals surface area contributed by atoms with Gasteiger partial charge in [-0.1, -0.05) is 69.0 Å². The fourth-order valence-corrected chi connectivity index (χ4v) is 6.15. The molecule has 0 aliphatic heterocycles. The van der Waals surface area contributed by atoms with Crippen LogP contribution in [0.25, 0.3) is 0 Å². The van der Waals surface area contributed by atoms with Gasteiger partial charge in [-0.3, -0.25) is 13.9 Å². The van der Waals surface area contributed by atoms with Gasteiger partial charge in [-0.05, 0) is 70.2 Å². The van der Waals surface area contributed by atoms with E-state index in [0.29, 0.717) is 20.1 Å². The lowest BCUT2D eigenvalue weighted by Gasteiger charge is -2.32. The Hall–Kier alpha value is -2.59. The number of rotatable bonds is 10. The third kappa shape index (κ3) is 7.75. The number of aryl methyl sites for hydroxylation is 1. The first-order chi connectivity index (χ1) is 18.3. The van der Waals surface area contributed by atoms with Crippen molar-refractivity contribution in [2.75, 3.05) is 10.8 Å². The number of hydrogen-bond donors (Lipinski definition) is 1. The van der Waals surface area contributed by atoms with Crippen LogP contribution in [-0.4, -0.2) is 43.8 Å². The fourth-order valence-electron chi connectivity index (χ4n) is 3.84. The lowest BCUT2D eigenvalue weighted by atomic mass is 10.1. The summed E-state index contributed by atoms with van der Waals surface area (Å²) in [7, 11) is -4.16. The molecule has 0 spiro atoms. The van der Waals surface area contributed by atoms with Crippen LogP contribution in [0.2, 0.25) is 10.0 Å². The number of nitrogens with zero attached hydrogens (tertiary/aromatic N) is 2. The Bertz CT molecular complexity index is 1430. The molecule has 3 aromatic carbocycles. The van der Waals surface area contributed by atoms with Gasteiger partial charge in [0.15, 0.2) is 0 Å². The average molecular weight is 655 g/mol. The van der Waals surface area contributed by atoms with Crippen molar-refractivity contribution >= 4 is 66.7 Å². The molecule has 1 atom stereocenters. The minimum Gasteiger partial charge on any atom is -0.352 e. The third-order valence-electron chi connectivity index (χ3n) is 5.97. The molecule has 0 fully saturated rings. The monoisotopic (exact) mass is 653 g/mol. The van der Waals surface area contributed by atoms with Crippen LogP contribution in [0.4, 0.5) is 5.69 Å². The second kappa shape index (κ2) is 13.2. The second-order valence-electron chi connectivity index (χ2n) is 9.37. The number of amides is 2. The molecule has 0 saturated carbocycles. The van der Waals surface area contributed by atoms with E-state index in [4.69, 9.17) is 23.2 Å². The molecule has 0 aliphatic carbocycles. The lowest BCUT2D eigenvalue weighted by molar-refractivity contribution is -0.139. The van der Waals surface area contributed by atoms with Gasteiger partial charge in [-0.25, -0.2) is 8.42 Å². The highest BCUT2D eigenvalue weighted by atomic mass is 79.9. The topological polar surface area (TPSA) is 86.8 Å². The number of benzene rings is 3. The smallest absolute Gasteiger partial charge is 0.264 e. The zero-order chi connectivity index (χ0) is 28.9. The number of carbonyl (C=O) groups is 2. The molecule has 1 N–H and O–H groups in total. The molecule has 3 rings (SSSR count). The van der Waals surface area contributed by atoms with Crippen LogP contribution in [0.15, 0.2) is 76.1 Å². The number of halogens is 3. The lowest BCUT2D eigenvalue weighted by Crippen LogP contribution is -2.52. The van der Waals surface area contributed by atoms with Gasteiger partial charge >= 0.3 is 0 Å². The molecule has 0 unspecified atom stereocenters. The zero-order valence-corrected chi connectivity index (χ0v) is 25.9. The van der Waals surface area contributed by atoms with Gasteiger partial charge in [-0.15, -0.1) is 0 Å². The largest absolute Gasteiger partial charge is 0.352 e. The van der Waals surface area contributed by atoms with Crippen LogP contribution in [0.3, 0.4) is 0 Å². The molecular formula is C28H30BrCl2N3O4S. The summed E-state index contributed by atoms with van der Waals surface area (Å²) in [6.45, 7) is 6.40. The standard InChI is InChI=1S/C28H30BrCl2N3O4S/c1-18(2)32-28(36)20(4)33(16-24-25(30)9-6-10-26(24)31)27(35)17-34(22-8-5-7-21(29)15-22)39(37,38)23-13-11-19(3)12-14-23/h5-15,18,20H,16-17H2,1-4H3,(H,32,36)/t20-/m0/s1. The maximum absolute atomic E-state index is 13.9. The number of sulfonamides is 1. The molecule has 208 valence electrons. The Labute approximate surface area is 248 Å². The van der Waals surface area contributed by atoms with E-state index < -0.39 is 34.4 Å². The van der Waals surface area contributed by atoms with E-state index in [1.165, 1.54) is 17.0 Å². The van der Waals surface area contributed by atoms with Crippen LogP contribution in [-0.2, 0) is 26.2 Å². The highest BCUT2D eigenvalue weighted by Crippen LogP contribution is 2.29. The van der Waals surface area contributed by atoms with Gasteiger partial charge in [0, 0.05) is 32.7 Å². The first-order valence-corrected chi connectivity index (χ1v) is 15.2. The quantitative estimate of drug-likeness (QED) is 0.282. The van der Waals surface area contributed by atoms with E-state index in [9.17, 15) is 18.0 Å². The van der Waals surface area contributed by atoms with E-state index in [0.717, 1.165) is 9.87 Å². The SMILES string of the molecule is Cc1ccc(S(=O)(=O)N(CC(=O)N(Cc2c(Cl)cccc2Cl)[C@@H](C)C(=O)NC(C)C)c2cccc(Br)c2)cc1. The molecule has 0 bridgehead atoms. The van der Waals surface area contributed by atoms with Crippen LogP contribution in [0, 0.1) is 6.92 Å². The normalized spacial score (nSPS) is 12.2. The summed E-state index contributed by atoms with van der Waals surface area (Å²) in [6, 6.07) is 16.9. The Morgan fingerprint density at radius 3 is 2.10 bits per heavy atom. The summed E-state index contributed by atoms with van der Waals surface area (Å²) in [6.07, 6.45) is 0. The number of hydrogen-bond acceptors (Lipinski definition) is 4. The van der Waals surface area contributed by atoms with Gasteiger partial charge in [0.05, 0.1) is 10.6 Å². The summed E-state index contributed by atoms with van der Waals surface area (Å²) in [4.78, 5) is 28.3. The predicted molar refractivity (Wildman–Crippen MR) is 160 cm³/mol. The van der Waals surface area contributed by atoms with E-state index >= 15 is 0 Å². The van der Waals surface area contributed by atoms with Gasteiger partial charge in [-0.2, -0.15) is 0 Å². The molecule has 0 aliphatic rings. The van der Waals surface area contributed by atoms with E-state index in [-0.39, 0.29) is 23.2 Å². The molecule has 0 aromatic heterocycles. The molecule has 3 aromatic rings. The van der Waals surface area contributed by atoms with Crippen LogP contribution >= 0.6 is 39.1 Å². The van der Waals surface area contributed by atoms with Crippen molar-refractivity contribution in [1.82, 2.24) is 10.2 Å². The van der Waals surface area contributed by atoms with Gasteiger partial charge in [0.1, 0.15) is 12.6 Å². The molecule has 39 heavy (non-hydrogen) atoms.